The highest BCUT2D eigenvalue weighted by Gasteiger charge is 2.29. The third kappa shape index (κ3) is 4.52. The number of carbonyl (C=O) groups excluding carboxylic acids is 1. The molecule has 0 aliphatic carbocycles. The second-order valence-electron chi connectivity index (χ2n) is 7.60. The van der Waals surface area contributed by atoms with Crippen molar-refractivity contribution in [1.82, 2.24) is 14.7 Å². The molecular weight excluding hydrogens is 384 g/mol. The molecule has 1 N–H and O–H groups in total. The van der Waals surface area contributed by atoms with E-state index in [1.807, 2.05) is 48.2 Å². The third-order valence-electron chi connectivity index (χ3n) is 5.51. The van der Waals surface area contributed by atoms with Crippen LogP contribution >= 0.6 is 11.6 Å². The van der Waals surface area contributed by atoms with Crippen LogP contribution in [-0.4, -0.2) is 46.8 Å². The number of carbonyl (C=O) groups is 1. The molecular formula is C23H26ClN4O+. The van der Waals surface area contributed by atoms with Crippen LogP contribution in [0.1, 0.15) is 27.2 Å². The number of rotatable bonds is 5. The summed E-state index contributed by atoms with van der Waals surface area (Å²) in [6.07, 6.45) is 0. The molecule has 5 nitrogen and oxygen atoms in total. The summed E-state index contributed by atoms with van der Waals surface area (Å²) in [5.41, 5.74) is 3.67. The van der Waals surface area contributed by atoms with Crippen LogP contribution in [0, 0.1) is 6.92 Å². The van der Waals surface area contributed by atoms with E-state index in [9.17, 15) is 4.79 Å². The number of nitrogens with one attached hydrogen (secondary N) is 1. The molecule has 29 heavy (non-hydrogen) atoms. The number of piperazine rings is 1. The van der Waals surface area contributed by atoms with E-state index in [0.717, 1.165) is 38.3 Å². The van der Waals surface area contributed by atoms with E-state index in [0.29, 0.717) is 23.0 Å². The zero-order chi connectivity index (χ0) is 20.2. The number of halogens is 1. The first-order valence-corrected chi connectivity index (χ1v) is 10.4. The Hall–Kier alpha value is -2.63. The maximum Gasteiger partial charge on any atom is 0.259 e. The predicted molar refractivity (Wildman–Crippen MR) is 114 cm³/mol. The highest BCUT2D eigenvalue weighted by Crippen LogP contribution is 2.22. The molecule has 1 saturated heterocycles. The highest BCUT2D eigenvalue weighted by atomic mass is 35.5. The number of aryl methyl sites for hydroxylation is 1. The zero-order valence-electron chi connectivity index (χ0n) is 16.6. The molecule has 0 radical (unpaired) electrons. The van der Waals surface area contributed by atoms with Gasteiger partial charge in [-0.15, -0.1) is 0 Å². The van der Waals surface area contributed by atoms with Crippen molar-refractivity contribution in [1.29, 1.82) is 0 Å². The van der Waals surface area contributed by atoms with Crippen LogP contribution in [0.4, 0.5) is 0 Å². The molecule has 2 aromatic carbocycles. The minimum absolute atomic E-state index is 0.00873. The van der Waals surface area contributed by atoms with Gasteiger partial charge in [0.15, 0.2) is 0 Å². The number of benzene rings is 2. The van der Waals surface area contributed by atoms with Crippen molar-refractivity contribution in [2.24, 2.45) is 0 Å². The summed E-state index contributed by atoms with van der Waals surface area (Å²) in [7, 11) is 0. The van der Waals surface area contributed by atoms with Gasteiger partial charge in [-0.25, -0.2) is 4.68 Å². The zero-order valence-corrected chi connectivity index (χ0v) is 17.4. The van der Waals surface area contributed by atoms with E-state index in [1.165, 1.54) is 10.5 Å². The Morgan fingerprint density at radius 2 is 1.59 bits per heavy atom. The average Bonchev–Trinajstić information content (AvgIpc) is 3.02. The first-order valence-electron chi connectivity index (χ1n) is 10.1. The van der Waals surface area contributed by atoms with Gasteiger partial charge in [0.05, 0.1) is 44.0 Å². The predicted octanol–water partition coefficient (Wildman–Crippen LogP) is 2.43. The van der Waals surface area contributed by atoms with Crippen LogP contribution < -0.4 is 4.90 Å². The summed E-state index contributed by atoms with van der Waals surface area (Å²) in [5.74, 6) is -0.00873. The van der Waals surface area contributed by atoms with Crippen LogP contribution in [0.15, 0.2) is 60.7 Å². The number of hydrogen-bond acceptors (Lipinski definition) is 2. The largest absolute Gasteiger partial charge is 0.328 e. The molecule has 1 fully saturated rings. The fourth-order valence-electron chi connectivity index (χ4n) is 3.90. The highest BCUT2D eigenvalue weighted by molar-refractivity contribution is 6.33. The summed E-state index contributed by atoms with van der Waals surface area (Å²) >= 11 is 6.58. The number of aromatic nitrogens is 2. The van der Waals surface area contributed by atoms with Gasteiger partial charge < -0.3 is 9.80 Å². The van der Waals surface area contributed by atoms with Crippen molar-refractivity contribution >= 4 is 17.5 Å². The number of hydrogen-bond donors (Lipinski definition) is 1. The van der Waals surface area contributed by atoms with Gasteiger partial charge >= 0.3 is 0 Å². The van der Waals surface area contributed by atoms with E-state index < -0.39 is 0 Å². The molecule has 1 aliphatic heterocycles. The maximum absolute atomic E-state index is 13.2. The number of nitrogens with zero attached hydrogens (tertiary/aromatic N) is 3. The van der Waals surface area contributed by atoms with E-state index in [2.05, 4.69) is 29.4 Å². The normalized spacial score (nSPS) is 14.9. The molecule has 0 spiro atoms. The van der Waals surface area contributed by atoms with Crippen molar-refractivity contribution in [2.75, 3.05) is 26.2 Å². The molecule has 0 saturated carbocycles. The summed E-state index contributed by atoms with van der Waals surface area (Å²) in [5, 5.41) is 4.95. The van der Waals surface area contributed by atoms with Gasteiger partial charge in [0, 0.05) is 5.56 Å². The van der Waals surface area contributed by atoms with Crippen LogP contribution in [0.3, 0.4) is 0 Å². The van der Waals surface area contributed by atoms with E-state index in [4.69, 9.17) is 11.6 Å². The topological polar surface area (TPSA) is 42.6 Å². The van der Waals surface area contributed by atoms with Crippen LogP contribution in [-0.2, 0) is 13.1 Å². The van der Waals surface area contributed by atoms with E-state index in [1.54, 1.807) is 4.68 Å². The Morgan fingerprint density at radius 3 is 2.21 bits per heavy atom. The summed E-state index contributed by atoms with van der Waals surface area (Å²) in [6.45, 7) is 6.77. The van der Waals surface area contributed by atoms with Crippen molar-refractivity contribution in [2.45, 2.75) is 20.0 Å². The van der Waals surface area contributed by atoms with Crippen molar-refractivity contribution < 1.29 is 9.69 Å². The first kappa shape index (κ1) is 19.7. The quantitative estimate of drug-likeness (QED) is 0.703. The lowest BCUT2D eigenvalue weighted by atomic mass is 10.1. The van der Waals surface area contributed by atoms with E-state index >= 15 is 0 Å². The Bertz CT molecular complexity index is 963. The molecule has 2 heterocycles. The third-order valence-corrected chi connectivity index (χ3v) is 5.89. The second kappa shape index (κ2) is 8.80. The Labute approximate surface area is 176 Å². The molecule has 6 heteroatoms. The molecule has 3 aromatic rings. The second-order valence-corrected chi connectivity index (χ2v) is 7.96. The maximum atomic E-state index is 13.2. The summed E-state index contributed by atoms with van der Waals surface area (Å²) < 4.78 is 1.72. The fraction of sp³-hybridized carbons (Fsp3) is 0.304. The monoisotopic (exact) mass is 409 g/mol. The Morgan fingerprint density at radius 1 is 1.00 bits per heavy atom. The van der Waals surface area contributed by atoms with Crippen LogP contribution in [0.25, 0.3) is 0 Å². The van der Waals surface area contributed by atoms with Gasteiger partial charge in [0.25, 0.3) is 5.91 Å². The molecule has 4 rings (SSSR count). The molecule has 1 amide bonds. The lowest BCUT2D eigenvalue weighted by Gasteiger charge is -2.32. The SMILES string of the molecule is Cc1nn(Cc2ccccc2)c(Cl)c1C(=O)N1CC[NH+](Cc2ccccc2)CC1. The number of quaternary nitrogens is 1. The Kier molecular flexibility index (Phi) is 5.97. The molecule has 1 aliphatic rings. The fourth-order valence-corrected chi connectivity index (χ4v) is 4.22. The van der Waals surface area contributed by atoms with Crippen molar-refractivity contribution in [3.8, 4) is 0 Å². The van der Waals surface area contributed by atoms with Gasteiger partial charge in [-0.1, -0.05) is 72.3 Å². The van der Waals surface area contributed by atoms with Crippen molar-refractivity contribution in [3.05, 3.63) is 88.2 Å². The average molecular weight is 410 g/mol. The van der Waals surface area contributed by atoms with Crippen molar-refractivity contribution in [3.63, 3.8) is 0 Å². The van der Waals surface area contributed by atoms with Gasteiger partial charge in [-0.3, -0.25) is 4.79 Å². The molecule has 0 unspecified atom stereocenters. The van der Waals surface area contributed by atoms with Gasteiger partial charge in [-0.2, -0.15) is 5.10 Å². The summed E-state index contributed by atoms with van der Waals surface area (Å²) in [4.78, 5) is 16.6. The molecule has 1 aromatic heterocycles. The first-order chi connectivity index (χ1) is 14.1. The van der Waals surface area contributed by atoms with Gasteiger partial charge in [0.2, 0.25) is 0 Å². The van der Waals surface area contributed by atoms with Crippen LogP contribution in [0.5, 0.6) is 0 Å². The lowest BCUT2D eigenvalue weighted by molar-refractivity contribution is -0.917. The Balaban J connectivity index is 1.41. The molecule has 150 valence electrons. The number of amides is 1. The molecule has 0 atom stereocenters. The summed E-state index contributed by atoms with van der Waals surface area (Å²) in [6, 6.07) is 20.5. The van der Waals surface area contributed by atoms with Crippen LogP contribution in [0.2, 0.25) is 5.15 Å². The standard InChI is InChI=1S/C23H25ClN4O/c1-18-21(22(24)28(25-18)17-20-10-6-3-7-11-20)23(29)27-14-12-26(13-15-27)16-19-8-4-2-5-9-19/h2-11H,12-17H2,1H3/p+1. The smallest absolute Gasteiger partial charge is 0.259 e. The van der Waals surface area contributed by atoms with Gasteiger partial charge in [0.1, 0.15) is 11.7 Å². The molecule has 0 bridgehead atoms. The minimum Gasteiger partial charge on any atom is -0.328 e. The lowest BCUT2D eigenvalue weighted by Crippen LogP contribution is -3.13. The van der Waals surface area contributed by atoms with Gasteiger partial charge in [-0.05, 0) is 12.5 Å². The minimum atomic E-state index is -0.00873. The van der Waals surface area contributed by atoms with E-state index in [-0.39, 0.29) is 5.91 Å².